The fourth-order valence-corrected chi connectivity index (χ4v) is 8.84. The van der Waals surface area contributed by atoms with E-state index in [1.54, 1.807) is 12.1 Å². The van der Waals surface area contributed by atoms with Gasteiger partial charge in [0.15, 0.2) is 23.5 Å². The van der Waals surface area contributed by atoms with Gasteiger partial charge in [-0.15, -0.1) is 0 Å². The number of aromatic hydroxyl groups is 1. The molecule has 266 valence electrons. The zero-order chi connectivity index (χ0) is 34.7. The molecule has 6 atom stereocenters. The number of hydrogen-bond acceptors (Lipinski definition) is 11. The maximum atomic E-state index is 12.2. The van der Waals surface area contributed by atoms with Crippen molar-refractivity contribution in [3.05, 3.63) is 64.2 Å². The van der Waals surface area contributed by atoms with Crippen molar-refractivity contribution in [1.29, 1.82) is 0 Å². The number of phenols is 1. The highest BCUT2D eigenvalue weighted by molar-refractivity contribution is 5.93. The molecule has 8 rings (SSSR count). The largest absolute Gasteiger partial charge is 0.502 e. The van der Waals surface area contributed by atoms with E-state index in [4.69, 9.17) is 23.7 Å². The molecule has 50 heavy (non-hydrogen) atoms. The van der Waals surface area contributed by atoms with Crippen LogP contribution in [0.4, 0.5) is 5.69 Å². The molecule has 1 fully saturated rings. The summed E-state index contributed by atoms with van der Waals surface area (Å²) in [6.07, 6.45) is 7.93. The smallest absolute Gasteiger partial charge is 0.200 e. The lowest BCUT2D eigenvalue weighted by Gasteiger charge is -2.48. The van der Waals surface area contributed by atoms with Crippen LogP contribution < -0.4 is 39.6 Å². The second-order valence-electron chi connectivity index (χ2n) is 14.1. The highest BCUT2D eigenvalue weighted by Crippen LogP contribution is 2.58. The maximum absolute atomic E-state index is 12.2. The lowest BCUT2D eigenvalue weighted by atomic mass is 9.74. The van der Waals surface area contributed by atoms with E-state index in [-0.39, 0.29) is 35.8 Å². The standard InChI is InChI=1S/C39H47N3O8/c1-20-8-9-22-7-5-6-12-39(22,42-20)50-29-18-27(48-14-13-40-2)23-10-11-24-32-26(41-38(45)35(29)34(23)32)17-28-33(24)36(43)25(19-49-28)21-15-30(46-3)37(44)31(16-21)47-4/h8-9,15-18,20,22,25,36,38,40-45H,5-7,10-14,19H2,1-4H3/t20-,22+,25-,36-,38-,39-/m0/s1. The Labute approximate surface area is 292 Å². The number of aliphatic hydroxyl groups is 2. The van der Waals surface area contributed by atoms with Gasteiger partial charge in [-0.25, -0.2) is 0 Å². The Morgan fingerprint density at radius 3 is 2.48 bits per heavy atom. The van der Waals surface area contributed by atoms with Gasteiger partial charge in [-0.2, -0.15) is 0 Å². The summed E-state index contributed by atoms with van der Waals surface area (Å²) in [5, 5.41) is 44.9. The van der Waals surface area contributed by atoms with Gasteiger partial charge in [0.1, 0.15) is 23.9 Å². The van der Waals surface area contributed by atoms with E-state index >= 15 is 0 Å². The van der Waals surface area contributed by atoms with Gasteiger partial charge >= 0.3 is 0 Å². The highest BCUT2D eigenvalue weighted by Gasteiger charge is 2.47. The summed E-state index contributed by atoms with van der Waals surface area (Å²) in [7, 11) is 4.87. The number of nitrogens with one attached hydrogen (secondary N) is 3. The third-order valence-electron chi connectivity index (χ3n) is 11.2. The van der Waals surface area contributed by atoms with Crippen molar-refractivity contribution in [2.75, 3.05) is 46.3 Å². The molecule has 2 aliphatic carbocycles. The van der Waals surface area contributed by atoms with Crippen molar-refractivity contribution in [1.82, 2.24) is 10.6 Å². The van der Waals surface area contributed by atoms with Crippen LogP contribution in [0.3, 0.4) is 0 Å². The number of benzene rings is 3. The maximum Gasteiger partial charge on any atom is 0.200 e. The number of aliphatic hydroxyl groups excluding tert-OH is 2. The zero-order valence-corrected chi connectivity index (χ0v) is 29.1. The summed E-state index contributed by atoms with van der Waals surface area (Å²) < 4.78 is 30.9. The molecule has 11 nitrogen and oxygen atoms in total. The molecule has 11 heteroatoms. The van der Waals surface area contributed by atoms with Crippen LogP contribution in [-0.2, 0) is 12.8 Å². The number of fused-ring (bicyclic) bond motifs is 3. The molecule has 0 spiro atoms. The van der Waals surface area contributed by atoms with Gasteiger partial charge in [-0.1, -0.05) is 18.6 Å². The Kier molecular flexibility index (Phi) is 8.49. The molecule has 0 radical (unpaired) electrons. The number of likely N-dealkylation sites (N-methyl/N-ethyl adjacent to an activating group) is 1. The fourth-order valence-electron chi connectivity index (χ4n) is 8.84. The van der Waals surface area contributed by atoms with Crippen LogP contribution in [0.15, 0.2) is 36.4 Å². The first-order valence-corrected chi connectivity index (χ1v) is 17.8. The molecule has 5 aliphatic rings. The van der Waals surface area contributed by atoms with Crippen molar-refractivity contribution in [3.63, 3.8) is 0 Å². The fraction of sp³-hybridized carbons (Fsp3) is 0.487. The van der Waals surface area contributed by atoms with Gasteiger partial charge in [0.05, 0.1) is 32.5 Å². The second kappa shape index (κ2) is 12.9. The Morgan fingerprint density at radius 1 is 0.940 bits per heavy atom. The number of methoxy groups -OCH3 is 2. The normalized spacial score (nSPS) is 27.2. The third-order valence-corrected chi connectivity index (χ3v) is 11.2. The van der Waals surface area contributed by atoms with Crippen LogP contribution in [0.25, 0.3) is 11.1 Å². The number of anilines is 1. The SMILES string of the molecule is CNCCOc1cc(O[C@@]23CCCC[C@@H]2C=C[C@H](C)N3)c2c3c1CCc1c-3c(cc3c1[C@@H](O)[C@H](c1cc(OC)c(O)c(OC)c1)CO3)N[C@H]2O. The molecule has 0 aromatic heterocycles. The van der Waals surface area contributed by atoms with Crippen LogP contribution in [0.1, 0.15) is 78.7 Å². The first-order valence-electron chi connectivity index (χ1n) is 17.8. The Morgan fingerprint density at radius 2 is 1.72 bits per heavy atom. The van der Waals surface area contributed by atoms with Crippen LogP contribution in [0.5, 0.6) is 34.5 Å². The third kappa shape index (κ3) is 5.25. The molecule has 3 heterocycles. The van der Waals surface area contributed by atoms with E-state index in [0.29, 0.717) is 43.1 Å². The van der Waals surface area contributed by atoms with Crippen molar-refractivity contribution in [2.45, 2.75) is 75.5 Å². The second-order valence-corrected chi connectivity index (χ2v) is 14.1. The average Bonchev–Trinajstić information content (AvgIpc) is 3.11. The van der Waals surface area contributed by atoms with Gasteiger partial charge in [0, 0.05) is 70.9 Å². The van der Waals surface area contributed by atoms with E-state index in [0.717, 1.165) is 70.5 Å². The van der Waals surface area contributed by atoms with Gasteiger partial charge in [-0.05, 0) is 62.9 Å². The first kappa shape index (κ1) is 33.0. The number of phenolic OH excluding ortho intramolecular Hbond substituents is 1. The minimum Gasteiger partial charge on any atom is -0.502 e. The zero-order valence-electron chi connectivity index (χ0n) is 29.1. The lowest BCUT2D eigenvalue weighted by Crippen LogP contribution is -2.61. The van der Waals surface area contributed by atoms with E-state index in [2.05, 4.69) is 35.0 Å². The molecule has 3 aromatic rings. The molecule has 0 amide bonds. The average molecular weight is 686 g/mol. The quantitative estimate of drug-likeness (QED) is 0.131. The van der Waals surface area contributed by atoms with Gasteiger partial charge in [0.2, 0.25) is 5.75 Å². The minimum atomic E-state index is -1.03. The molecule has 3 aliphatic heterocycles. The number of ether oxygens (including phenoxy) is 5. The summed E-state index contributed by atoms with van der Waals surface area (Å²) in [6.45, 7) is 3.51. The van der Waals surface area contributed by atoms with Gasteiger partial charge < -0.3 is 49.6 Å². The first-order chi connectivity index (χ1) is 24.3. The lowest BCUT2D eigenvalue weighted by molar-refractivity contribution is -0.0468. The van der Waals surface area contributed by atoms with Gasteiger partial charge in [0.25, 0.3) is 0 Å². The molecular formula is C39H47N3O8. The van der Waals surface area contributed by atoms with Crippen LogP contribution >= 0.6 is 0 Å². The molecule has 6 N–H and O–H groups in total. The van der Waals surface area contributed by atoms with Crippen molar-refractivity contribution in [3.8, 4) is 45.6 Å². The van der Waals surface area contributed by atoms with E-state index in [9.17, 15) is 15.3 Å². The Bertz CT molecular complexity index is 1820. The van der Waals surface area contributed by atoms with Crippen molar-refractivity contribution >= 4 is 5.69 Å². The van der Waals surface area contributed by atoms with E-state index < -0.39 is 24.0 Å². The number of hydrogen-bond donors (Lipinski definition) is 6. The molecule has 0 saturated heterocycles. The number of rotatable bonds is 9. The summed E-state index contributed by atoms with van der Waals surface area (Å²) >= 11 is 0. The predicted molar refractivity (Wildman–Crippen MR) is 189 cm³/mol. The van der Waals surface area contributed by atoms with Crippen molar-refractivity contribution < 1.29 is 39.0 Å². The van der Waals surface area contributed by atoms with Crippen LogP contribution in [-0.4, -0.2) is 68.1 Å². The molecule has 1 saturated carbocycles. The van der Waals surface area contributed by atoms with Crippen LogP contribution in [0, 0.1) is 5.92 Å². The molecule has 0 bridgehead atoms. The molecule has 0 unspecified atom stereocenters. The monoisotopic (exact) mass is 685 g/mol. The topological polar surface area (TPSA) is 143 Å². The summed E-state index contributed by atoms with van der Waals surface area (Å²) in [4.78, 5) is 0. The molecule has 3 aromatic carbocycles. The van der Waals surface area contributed by atoms with Crippen LogP contribution in [0.2, 0.25) is 0 Å². The highest BCUT2D eigenvalue weighted by atomic mass is 16.5. The molecular weight excluding hydrogens is 638 g/mol. The minimum absolute atomic E-state index is 0.0953. The summed E-state index contributed by atoms with van der Waals surface area (Å²) in [6, 6.07) is 7.47. The predicted octanol–water partition coefficient (Wildman–Crippen LogP) is 5.21. The van der Waals surface area contributed by atoms with Gasteiger partial charge in [-0.3, -0.25) is 5.32 Å². The Hall–Kier alpha value is -4.16. The van der Waals surface area contributed by atoms with E-state index in [1.165, 1.54) is 14.2 Å². The van der Waals surface area contributed by atoms with E-state index in [1.807, 2.05) is 19.2 Å². The Balaban J connectivity index is 1.27. The summed E-state index contributed by atoms with van der Waals surface area (Å²) in [5.74, 6) is 2.11. The summed E-state index contributed by atoms with van der Waals surface area (Å²) in [5.41, 5.74) is 6.12. The van der Waals surface area contributed by atoms with Crippen molar-refractivity contribution in [2.24, 2.45) is 5.92 Å².